The van der Waals surface area contributed by atoms with Crippen LogP contribution in [-0.4, -0.2) is 27.9 Å². The van der Waals surface area contributed by atoms with E-state index in [-0.39, 0.29) is 10.8 Å². The maximum Gasteiger partial charge on any atom is 0.220 e. The highest BCUT2D eigenvalue weighted by atomic mass is 15.2. The van der Waals surface area contributed by atoms with Crippen LogP contribution in [0.1, 0.15) is 65.5 Å². The molecular formula is C44H44N6. The van der Waals surface area contributed by atoms with E-state index in [0.29, 0.717) is 0 Å². The molecule has 4 heterocycles. The number of nitrogens with zero attached hydrogens (tertiary/aromatic N) is 6. The standard InChI is InChI=1S/C44H44N6/c1-43(2,3)26-24-29-14-11-22-37-39(29)45-41-47(33-18-7-9-20-35(33)49(37)41)31-16-13-17-32(28-31)48-34-19-8-10-21-36(34)50-38-23-12-15-30(25-27-44(4,5)6)40(38)46-42(48)50/h7-23,28H,24-27H2,1-6H3. The third kappa shape index (κ3) is 4.92. The first kappa shape index (κ1) is 30.7. The molecule has 5 aromatic carbocycles. The molecule has 0 unspecified atom stereocenters. The van der Waals surface area contributed by atoms with Crippen molar-refractivity contribution in [2.45, 2.75) is 67.2 Å². The van der Waals surface area contributed by atoms with Crippen molar-refractivity contribution in [3.05, 3.63) is 120 Å². The number of aromatic nitrogens is 6. The van der Waals surface area contributed by atoms with Crippen molar-refractivity contribution in [3.8, 4) is 11.4 Å². The van der Waals surface area contributed by atoms with Crippen LogP contribution in [0.3, 0.4) is 0 Å². The van der Waals surface area contributed by atoms with Crippen LogP contribution in [0.5, 0.6) is 0 Å². The molecule has 250 valence electrons. The second-order valence-electron chi connectivity index (χ2n) is 16.4. The van der Waals surface area contributed by atoms with E-state index in [2.05, 4.69) is 169 Å². The molecule has 9 aromatic rings. The molecule has 0 spiro atoms. The minimum Gasteiger partial charge on any atom is -0.278 e. The molecule has 0 saturated carbocycles. The van der Waals surface area contributed by atoms with Crippen molar-refractivity contribution in [2.24, 2.45) is 10.8 Å². The number of rotatable bonds is 6. The molecule has 0 N–H and O–H groups in total. The van der Waals surface area contributed by atoms with Crippen LogP contribution in [0.15, 0.2) is 109 Å². The summed E-state index contributed by atoms with van der Waals surface area (Å²) in [6.45, 7) is 13.9. The lowest BCUT2D eigenvalue weighted by atomic mass is 9.88. The Labute approximate surface area is 292 Å². The summed E-state index contributed by atoms with van der Waals surface area (Å²) in [6.07, 6.45) is 4.22. The molecule has 4 aromatic heterocycles. The molecule has 0 aliphatic heterocycles. The Hall–Kier alpha value is -5.36. The van der Waals surface area contributed by atoms with Crippen LogP contribution in [0, 0.1) is 10.8 Å². The predicted molar refractivity (Wildman–Crippen MR) is 208 cm³/mol. The number of hydrogen-bond acceptors (Lipinski definition) is 2. The summed E-state index contributed by atoms with van der Waals surface area (Å²) in [5.74, 6) is 1.86. The summed E-state index contributed by atoms with van der Waals surface area (Å²) in [7, 11) is 0. The van der Waals surface area contributed by atoms with Gasteiger partial charge in [-0.2, -0.15) is 0 Å². The van der Waals surface area contributed by atoms with E-state index in [4.69, 9.17) is 9.97 Å². The monoisotopic (exact) mass is 656 g/mol. The van der Waals surface area contributed by atoms with Gasteiger partial charge in [-0.3, -0.25) is 17.9 Å². The van der Waals surface area contributed by atoms with E-state index >= 15 is 0 Å². The fraction of sp³-hybridized carbons (Fsp3) is 0.273. The Kier molecular flexibility index (Phi) is 6.80. The average Bonchev–Trinajstić information content (AvgIpc) is 3.82. The normalized spacial score (nSPS) is 12.9. The van der Waals surface area contributed by atoms with Gasteiger partial charge in [0.05, 0.1) is 55.5 Å². The van der Waals surface area contributed by atoms with Gasteiger partial charge in [0.25, 0.3) is 0 Å². The maximum atomic E-state index is 5.40. The van der Waals surface area contributed by atoms with Crippen molar-refractivity contribution in [2.75, 3.05) is 0 Å². The number of aryl methyl sites for hydroxylation is 2. The first-order chi connectivity index (χ1) is 24.1. The molecule has 0 saturated heterocycles. The fourth-order valence-corrected chi connectivity index (χ4v) is 7.67. The van der Waals surface area contributed by atoms with E-state index in [9.17, 15) is 0 Å². The van der Waals surface area contributed by atoms with E-state index in [1.807, 2.05) is 0 Å². The zero-order chi connectivity index (χ0) is 34.4. The van der Waals surface area contributed by atoms with E-state index in [1.165, 1.54) is 11.1 Å². The smallest absolute Gasteiger partial charge is 0.220 e. The van der Waals surface area contributed by atoms with Crippen molar-refractivity contribution < 1.29 is 0 Å². The van der Waals surface area contributed by atoms with Gasteiger partial charge in [-0.15, -0.1) is 0 Å². The Morgan fingerprint density at radius 3 is 1.24 bits per heavy atom. The topological polar surface area (TPSA) is 44.5 Å². The molecular weight excluding hydrogens is 613 g/mol. The van der Waals surface area contributed by atoms with Gasteiger partial charge in [-0.05, 0) is 102 Å². The number of imidazole rings is 4. The van der Waals surface area contributed by atoms with Gasteiger partial charge in [-0.25, -0.2) is 9.97 Å². The summed E-state index contributed by atoms with van der Waals surface area (Å²) in [6, 6.07) is 39.5. The van der Waals surface area contributed by atoms with Crippen molar-refractivity contribution >= 4 is 55.7 Å². The lowest BCUT2D eigenvalue weighted by Gasteiger charge is -2.17. The minimum absolute atomic E-state index is 0.256. The molecule has 6 heteroatoms. The highest BCUT2D eigenvalue weighted by Gasteiger charge is 2.22. The Morgan fingerprint density at radius 1 is 0.440 bits per heavy atom. The molecule has 9 rings (SSSR count). The maximum absolute atomic E-state index is 5.40. The van der Waals surface area contributed by atoms with E-state index in [0.717, 1.165) is 92.7 Å². The van der Waals surface area contributed by atoms with Gasteiger partial charge in [0, 0.05) is 0 Å². The van der Waals surface area contributed by atoms with Gasteiger partial charge < -0.3 is 0 Å². The van der Waals surface area contributed by atoms with Gasteiger partial charge in [0.15, 0.2) is 0 Å². The first-order valence-corrected chi connectivity index (χ1v) is 18.0. The van der Waals surface area contributed by atoms with Gasteiger partial charge in [-0.1, -0.05) is 96.1 Å². The SMILES string of the molecule is CC(C)(C)CCc1cccc2c1nc1n(-c3cccc(-n4c5ccccc5n5c6cccc(CCC(C)(C)C)c6nc45)c3)c3ccccc3n21. The summed E-state index contributed by atoms with van der Waals surface area (Å²) >= 11 is 0. The van der Waals surface area contributed by atoms with Crippen LogP contribution in [-0.2, 0) is 12.8 Å². The van der Waals surface area contributed by atoms with Gasteiger partial charge in [0.1, 0.15) is 0 Å². The highest BCUT2D eigenvalue weighted by molar-refractivity contribution is 5.95. The Balaban J connectivity index is 1.26. The zero-order valence-corrected chi connectivity index (χ0v) is 29.9. The van der Waals surface area contributed by atoms with E-state index in [1.54, 1.807) is 0 Å². The van der Waals surface area contributed by atoms with Crippen LogP contribution in [0.2, 0.25) is 0 Å². The predicted octanol–water partition coefficient (Wildman–Crippen LogP) is 11.1. The molecule has 0 radical (unpaired) electrons. The Bertz CT molecular complexity index is 2550. The molecule has 6 nitrogen and oxygen atoms in total. The third-order valence-corrected chi connectivity index (χ3v) is 10.3. The average molecular weight is 657 g/mol. The molecule has 0 bridgehead atoms. The van der Waals surface area contributed by atoms with Crippen molar-refractivity contribution in [3.63, 3.8) is 0 Å². The first-order valence-electron chi connectivity index (χ1n) is 18.0. The molecule has 0 fully saturated rings. The van der Waals surface area contributed by atoms with Crippen molar-refractivity contribution in [1.29, 1.82) is 0 Å². The molecule has 0 aliphatic rings. The molecule has 50 heavy (non-hydrogen) atoms. The fourth-order valence-electron chi connectivity index (χ4n) is 7.67. The summed E-state index contributed by atoms with van der Waals surface area (Å²) in [5, 5.41) is 0. The summed E-state index contributed by atoms with van der Waals surface area (Å²) in [5.41, 5.74) is 14.3. The van der Waals surface area contributed by atoms with Gasteiger partial charge >= 0.3 is 0 Å². The molecule has 0 aliphatic carbocycles. The molecule has 0 atom stereocenters. The highest BCUT2D eigenvalue weighted by Crippen LogP contribution is 2.35. The van der Waals surface area contributed by atoms with Crippen molar-refractivity contribution in [1.82, 2.24) is 27.9 Å². The quantitative estimate of drug-likeness (QED) is 0.179. The lowest BCUT2D eigenvalue weighted by Crippen LogP contribution is -2.06. The van der Waals surface area contributed by atoms with Gasteiger partial charge in [0.2, 0.25) is 11.6 Å². The zero-order valence-electron chi connectivity index (χ0n) is 29.9. The van der Waals surface area contributed by atoms with Crippen LogP contribution in [0.25, 0.3) is 67.1 Å². The largest absolute Gasteiger partial charge is 0.278 e. The lowest BCUT2D eigenvalue weighted by molar-refractivity contribution is 0.378. The minimum atomic E-state index is 0.256. The molecule has 0 amide bonds. The third-order valence-electron chi connectivity index (χ3n) is 10.3. The van der Waals surface area contributed by atoms with Crippen LogP contribution < -0.4 is 0 Å². The second kappa shape index (κ2) is 11.1. The number of para-hydroxylation sites is 6. The Morgan fingerprint density at radius 2 is 0.820 bits per heavy atom. The summed E-state index contributed by atoms with van der Waals surface area (Å²) < 4.78 is 9.31. The second-order valence-corrected chi connectivity index (χ2v) is 16.4. The number of benzene rings is 5. The number of hydrogen-bond donors (Lipinski definition) is 0. The van der Waals surface area contributed by atoms with E-state index < -0.39 is 0 Å². The number of fused-ring (bicyclic) bond motifs is 10. The van der Waals surface area contributed by atoms with Crippen LogP contribution >= 0.6 is 0 Å². The van der Waals surface area contributed by atoms with Crippen LogP contribution in [0.4, 0.5) is 0 Å². The summed E-state index contributed by atoms with van der Waals surface area (Å²) in [4.78, 5) is 10.8.